The number of aryl methyl sites for hydroxylation is 2. The van der Waals surface area contributed by atoms with Crippen molar-refractivity contribution in [3.05, 3.63) is 70.4 Å². The van der Waals surface area contributed by atoms with Gasteiger partial charge in [-0.15, -0.1) is 0 Å². The number of rotatable bonds is 3. The Kier molecular flexibility index (Phi) is 4.21. The highest BCUT2D eigenvalue weighted by Gasteiger charge is 2.21. The van der Waals surface area contributed by atoms with Crippen molar-refractivity contribution in [2.24, 2.45) is 0 Å². The van der Waals surface area contributed by atoms with Gasteiger partial charge in [0.25, 0.3) is 10.0 Å². The Balaban J connectivity index is 1.56. The van der Waals surface area contributed by atoms with Crippen LogP contribution in [0.4, 0.5) is 5.69 Å². The summed E-state index contributed by atoms with van der Waals surface area (Å²) in [5.41, 5.74) is 2.52. The highest BCUT2D eigenvalue weighted by Crippen LogP contribution is 2.38. The van der Waals surface area contributed by atoms with Gasteiger partial charge in [0.1, 0.15) is 11.3 Å². The summed E-state index contributed by atoms with van der Waals surface area (Å²) in [7, 11) is -3.70. The first kappa shape index (κ1) is 17.8. The van der Waals surface area contributed by atoms with E-state index in [0.29, 0.717) is 5.69 Å². The van der Waals surface area contributed by atoms with E-state index in [1.807, 2.05) is 36.4 Å². The van der Waals surface area contributed by atoms with Crippen LogP contribution in [0.3, 0.4) is 0 Å². The summed E-state index contributed by atoms with van der Waals surface area (Å²) < 4.78 is 35.4. The molecule has 1 aromatic heterocycles. The van der Waals surface area contributed by atoms with Crippen molar-refractivity contribution in [1.29, 1.82) is 0 Å². The fourth-order valence-corrected chi connectivity index (χ4v) is 5.54. The molecule has 1 N–H and O–H groups in total. The van der Waals surface area contributed by atoms with Gasteiger partial charge in [-0.05, 0) is 70.2 Å². The molecule has 4 nitrogen and oxygen atoms in total. The van der Waals surface area contributed by atoms with Crippen LogP contribution in [0, 0.1) is 0 Å². The van der Waals surface area contributed by atoms with Crippen molar-refractivity contribution in [1.82, 2.24) is 0 Å². The van der Waals surface area contributed by atoms with Crippen LogP contribution in [0.1, 0.15) is 24.2 Å². The van der Waals surface area contributed by atoms with Crippen LogP contribution < -0.4 is 4.72 Å². The van der Waals surface area contributed by atoms with E-state index in [1.165, 1.54) is 5.56 Å². The number of sulfonamides is 1. The Hall–Kier alpha value is -2.31. The van der Waals surface area contributed by atoms with Crippen molar-refractivity contribution >= 4 is 53.4 Å². The quantitative estimate of drug-likeness (QED) is 0.410. The minimum atomic E-state index is -3.70. The van der Waals surface area contributed by atoms with E-state index in [-0.39, 0.29) is 4.90 Å². The average molecular weight is 456 g/mol. The number of benzene rings is 3. The molecule has 0 atom stereocenters. The third kappa shape index (κ3) is 3.01. The molecule has 3 aromatic carbocycles. The predicted octanol–water partition coefficient (Wildman–Crippen LogP) is 6.03. The summed E-state index contributed by atoms with van der Waals surface area (Å²) in [6.45, 7) is 0. The Morgan fingerprint density at radius 3 is 2.57 bits per heavy atom. The lowest BCUT2D eigenvalue weighted by Gasteiger charge is -2.11. The number of hydrogen-bond acceptors (Lipinski definition) is 3. The molecule has 4 aromatic rings. The molecule has 0 spiro atoms. The summed E-state index contributed by atoms with van der Waals surface area (Å²) >= 11 is 3.54. The molecule has 28 heavy (non-hydrogen) atoms. The van der Waals surface area contributed by atoms with Gasteiger partial charge in [0.2, 0.25) is 0 Å². The molecule has 5 rings (SSSR count). The Bertz CT molecular complexity index is 1320. The van der Waals surface area contributed by atoms with Crippen LogP contribution in [0.5, 0.6) is 0 Å². The fourth-order valence-electron chi connectivity index (χ4n) is 3.93. The van der Waals surface area contributed by atoms with Crippen LogP contribution in [-0.4, -0.2) is 8.42 Å². The molecule has 0 aliphatic heterocycles. The number of fused-ring (bicyclic) bond motifs is 4. The third-order valence-electron chi connectivity index (χ3n) is 5.29. The lowest BCUT2D eigenvalue weighted by Crippen LogP contribution is -2.13. The van der Waals surface area contributed by atoms with Gasteiger partial charge in [0.05, 0.1) is 15.1 Å². The molecule has 0 bridgehead atoms. The maximum absolute atomic E-state index is 13.0. The number of halogens is 1. The monoisotopic (exact) mass is 455 g/mol. The second-order valence-corrected chi connectivity index (χ2v) is 9.70. The molecule has 6 heteroatoms. The lowest BCUT2D eigenvalue weighted by molar-refractivity contribution is 0.505. The summed E-state index contributed by atoms with van der Waals surface area (Å²) in [5.74, 6) is 1.02. The fraction of sp³-hybridized carbons (Fsp3) is 0.182. The molecule has 142 valence electrons. The van der Waals surface area contributed by atoms with Gasteiger partial charge >= 0.3 is 0 Å². The van der Waals surface area contributed by atoms with E-state index in [4.69, 9.17) is 4.42 Å². The SMILES string of the molecule is O=S(=O)(Nc1cc(Br)c2oc3c(c2c1)CCCC3)c1ccc2ccccc2c1. The second-order valence-electron chi connectivity index (χ2n) is 7.16. The highest BCUT2D eigenvalue weighted by molar-refractivity contribution is 9.10. The summed E-state index contributed by atoms with van der Waals surface area (Å²) in [4.78, 5) is 0.247. The predicted molar refractivity (Wildman–Crippen MR) is 115 cm³/mol. The first-order valence-electron chi connectivity index (χ1n) is 9.27. The van der Waals surface area contributed by atoms with E-state index in [0.717, 1.165) is 57.7 Å². The van der Waals surface area contributed by atoms with Crippen LogP contribution in [0.25, 0.3) is 21.7 Å². The van der Waals surface area contributed by atoms with Crippen LogP contribution >= 0.6 is 15.9 Å². The molecule has 1 aliphatic rings. The molecular weight excluding hydrogens is 438 g/mol. The van der Waals surface area contributed by atoms with Gasteiger partial charge in [-0.25, -0.2) is 8.42 Å². The maximum atomic E-state index is 13.0. The van der Waals surface area contributed by atoms with Crippen molar-refractivity contribution in [3.63, 3.8) is 0 Å². The Morgan fingerprint density at radius 1 is 0.929 bits per heavy atom. The molecule has 0 saturated carbocycles. The standard InChI is InChI=1S/C22H18BrNO3S/c23-20-13-16(12-19-18-7-3-4-8-21(18)27-22(19)20)24-28(25,26)17-10-9-14-5-1-2-6-15(14)11-17/h1-2,5-6,9-13,24H,3-4,7-8H2. The number of nitrogens with one attached hydrogen (secondary N) is 1. The highest BCUT2D eigenvalue weighted by atomic mass is 79.9. The molecule has 0 unspecified atom stereocenters. The number of furan rings is 1. The van der Waals surface area contributed by atoms with Gasteiger partial charge in [0.15, 0.2) is 0 Å². The molecule has 1 heterocycles. The molecule has 1 aliphatic carbocycles. The third-order valence-corrected chi connectivity index (χ3v) is 7.26. The van der Waals surface area contributed by atoms with Gasteiger partial charge in [-0.2, -0.15) is 0 Å². The van der Waals surface area contributed by atoms with Crippen LogP contribution in [0.2, 0.25) is 0 Å². The summed E-state index contributed by atoms with van der Waals surface area (Å²) in [6.07, 6.45) is 4.17. The summed E-state index contributed by atoms with van der Waals surface area (Å²) in [6, 6.07) is 16.5. The van der Waals surface area contributed by atoms with Crippen molar-refractivity contribution in [3.8, 4) is 0 Å². The van der Waals surface area contributed by atoms with E-state index in [9.17, 15) is 8.42 Å². The zero-order valence-corrected chi connectivity index (χ0v) is 17.4. The second kappa shape index (κ2) is 6.64. The first-order valence-corrected chi connectivity index (χ1v) is 11.5. The largest absolute Gasteiger partial charge is 0.460 e. The van der Waals surface area contributed by atoms with Crippen molar-refractivity contribution in [2.45, 2.75) is 30.6 Å². The molecule has 0 amide bonds. The van der Waals surface area contributed by atoms with Crippen LogP contribution in [-0.2, 0) is 22.9 Å². The van der Waals surface area contributed by atoms with E-state index in [1.54, 1.807) is 18.2 Å². The number of hydrogen-bond donors (Lipinski definition) is 1. The molecular formula is C22H18BrNO3S. The van der Waals surface area contributed by atoms with Gasteiger partial charge < -0.3 is 4.42 Å². The topological polar surface area (TPSA) is 59.3 Å². The van der Waals surface area contributed by atoms with Gasteiger partial charge in [-0.3, -0.25) is 4.72 Å². The lowest BCUT2D eigenvalue weighted by atomic mass is 9.96. The molecule has 0 radical (unpaired) electrons. The van der Waals surface area contributed by atoms with Crippen molar-refractivity contribution in [2.75, 3.05) is 4.72 Å². The zero-order chi connectivity index (χ0) is 19.3. The van der Waals surface area contributed by atoms with Gasteiger partial charge in [-0.1, -0.05) is 30.3 Å². The minimum absolute atomic E-state index is 0.247. The normalized spacial score (nSPS) is 14.3. The number of anilines is 1. The van der Waals surface area contributed by atoms with Crippen LogP contribution in [0.15, 0.2) is 68.4 Å². The Labute approximate surface area is 171 Å². The Morgan fingerprint density at radius 2 is 1.71 bits per heavy atom. The maximum Gasteiger partial charge on any atom is 0.261 e. The smallest absolute Gasteiger partial charge is 0.261 e. The van der Waals surface area contributed by atoms with Gasteiger partial charge in [0, 0.05) is 17.4 Å². The minimum Gasteiger partial charge on any atom is -0.460 e. The van der Waals surface area contributed by atoms with E-state index in [2.05, 4.69) is 20.7 Å². The summed E-state index contributed by atoms with van der Waals surface area (Å²) in [5, 5.41) is 2.89. The average Bonchev–Trinajstić information content (AvgIpc) is 3.07. The van der Waals surface area contributed by atoms with Crippen molar-refractivity contribution < 1.29 is 12.8 Å². The first-order chi connectivity index (χ1) is 13.5. The molecule has 0 fully saturated rings. The zero-order valence-electron chi connectivity index (χ0n) is 15.0. The van der Waals surface area contributed by atoms with E-state index < -0.39 is 10.0 Å². The molecule has 0 saturated heterocycles. The van der Waals surface area contributed by atoms with E-state index >= 15 is 0 Å².